The first kappa shape index (κ1) is 21.8. The lowest BCUT2D eigenvalue weighted by Gasteiger charge is -2.28. The van der Waals surface area contributed by atoms with Crippen LogP contribution in [-0.4, -0.2) is 16.6 Å². The van der Waals surface area contributed by atoms with E-state index in [0.29, 0.717) is 0 Å². The largest absolute Gasteiger partial charge is 0.490 e. The summed E-state index contributed by atoms with van der Waals surface area (Å²) in [6.45, 7) is 5.20. The molecule has 0 spiro atoms. The maximum Gasteiger partial charge on any atom is 0.159 e. The van der Waals surface area contributed by atoms with Crippen LogP contribution < -0.4 is 4.74 Å². The van der Waals surface area contributed by atoms with Gasteiger partial charge in [0, 0.05) is 5.56 Å². The minimum atomic E-state index is 0.730. The minimum Gasteiger partial charge on any atom is -0.490 e. The second kappa shape index (κ2) is 11.9. The van der Waals surface area contributed by atoms with E-state index in [2.05, 4.69) is 48.1 Å². The van der Waals surface area contributed by atoms with E-state index in [1.54, 1.807) is 12.4 Å². The molecule has 29 heavy (non-hydrogen) atoms. The van der Waals surface area contributed by atoms with Gasteiger partial charge in [0.15, 0.2) is 11.6 Å². The van der Waals surface area contributed by atoms with Gasteiger partial charge >= 0.3 is 0 Å². The van der Waals surface area contributed by atoms with Crippen molar-refractivity contribution in [2.45, 2.75) is 84.5 Å². The number of rotatable bonds is 11. The number of unbranched alkanes of at least 4 members (excludes halogenated alkanes) is 2. The van der Waals surface area contributed by atoms with Gasteiger partial charge in [-0.15, -0.1) is 0 Å². The summed E-state index contributed by atoms with van der Waals surface area (Å²) in [5.74, 6) is 3.46. The topological polar surface area (TPSA) is 35.0 Å². The van der Waals surface area contributed by atoms with Crippen LogP contribution in [0.5, 0.6) is 5.75 Å². The Morgan fingerprint density at radius 1 is 0.828 bits per heavy atom. The molecule has 1 aromatic heterocycles. The van der Waals surface area contributed by atoms with E-state index in [9.17, 15) is 0 Å². The number of hydrogen-bond donors (Lipinski definition) is 0. The van der Waals surface area contributed by atoms with Crippen molar-refractivity contribution in [3.8, 4) is 17.1 Å². The average molecular weight is 395 g/mol. The molecule has 1 heterocycles. The summed E-state index contributed by atoms with van der Waals surface area (Å²) in [6.07, 6.45) is 18.3. The number of ether oxygens (including phenoxy) is 1. The van der Waals surface area contributed by atoms with Crippen LogP contribution in [0.1, 0.15) is 83.6 Å². The van der Waals surface area contributed by atoms with Gasteiger partial charge in [-0.25, -0.2) is 9.97 Å². The van der Waals surface area contributed by atoms with Gasteiger partial charge in [0.05, 0.1) is 19.0 Å². The molecule has 3 nitrogen and oxygen atoms in total. The van der Waals surface area contributed by atoms with Gasteiger partial charge < -0.3 is 4.74 Å². The van der Waals surface area contributed by atoms with Crippen molar-refractivity contribution >= 4 is 0 Å². The number of aryl methyl sites for hydroxylation is 1. The second-order valence-corrected chi connectivity index (χ2v) is 8.71. The number of benzene rings is 1. The molecule has 1 fully saturated rings. The molecule has 0 aliphatic heterocycles. The summed E-state index contributed by atoms with van der Waals surface area (Å²) in [7, 11) is 0. The number of aromatic nitrogens is 2. The maximum absolute atomic E-state index is 5.65. The van der Waals surface area contributed by atoms with Gasteiger partial charge in [-0.3, -0.25) is 0 Å². The van der Waals surface area contributed by atoms with Gasteiger partial charge in [-0.1, -0.05) is 89.5 Å². The normalized spacial score (nSPS) is 19.2. The molecular weight excluding hydrogens is 356 g/mol. The van der Waals surface area contributed by atoms with Gasteiger partial charge in [-0.2, -0.15) is 0 Å². The SMILES string of the molecule is CCCCOc1cnc(-c2ccc(CCC3CCC(CCCC)CC3)cc2)nc1. The fraction of sp³-hybridized carbons (Fsp3) is 0.615. The molecule has 3 rings (SSSR count). The molecule has 3 heteroatoms. The third kappa shape index (κ3) is 7.13. The van der Waals surface area contributed by atoms with E-state index in [0.717, 1.165) is 48.4 Å². The van der Waals surface area contributed by atoms with E-state index in [-0.39, 0.29) is 0 Å². The van der Waals surface area contributed by atoms with Crippen molar-refractivity contribution in [3.05, 3.63) is 42.2 Å². The molecule has 158 valence electrons. The van der Waals surface area contributed by atoms with E-state index in [4.69, 9.17) is 4.74 Å². The Hall–Kier alpha value is -1.90. The fourth-order valence-electron chi connectivity index (χ4n) is 4.37. The first-order valence-electron chi connectivity index (χ1n) is 11.8. The smallest absolute Gasteiger partial charge is 0.159 e. The molecule has 0 saturated heterocycles. The van der Waals surface area contributed by atoms with Gasteiger partial charge in [0.25, 0.3) is 0 Å². The van der Waals surface area contributed by atoms with Crippen LogP contribution in [0.3, 0.4) is 0 Å². The summed E-state index contributed by atoms with van der Waals surface area (Å²) in [6, 6.07) is 8.81. The van der Waals surface area contributed by atoms with Crippen LogP contribution in [0.2, 0.25) is 0 Å². The molecule has 1 aromatic carbocycles. The Morgan fingerprint density at radius 3 is 2.07 bits per heavy atom. The Balaban J connectivity index is 1.43. The molecule has 0 bridgehead atoms. The van der Waals surface area contributed by atoms with Crippen LogP contribution in [0.25, 0.3) is 11.4 Å². The third-order valence-corrected chi connectivity index (χ3v) is 6.38. The Morgan fingerprint density at radius 2 is 1.45 bits per heavy atom. The van der Waals surface area contributed by atoms with Gasteiger partial charge in [0.1, 0.15) is 0 Å². The molecule has 0 N–H and O–H groups in total. The van der Waals surface area contributed by atoms with Crippen molar-refractivity contribution in [3.63, 3.8) is 0 Å². The number of nitrogens with zero attached hydrogens (tertiary/aromatic N) is 2. The Labute approximate surface area is 177 Å². The van der Waals surface area contributed by atoms with Crippen LogP contribution >= 0.6 is 0 Å². The predicted octanol–water partition coefficient (Wildman–Crippen LogP) is 7.25. The van der Waals surface area contributed by atoms with Crippen molar-refractivity contribution in [1.82, 2.24) is 9.97 Å². The van der Waals surface area contributed by atoms with Crippen LogP contribution in [0.15, 0.2) is 36.7 Å². The quantitative estimate of drug-likeness (QED) is 0.376. The molecule has 0 radical (unpaired) electrons. The lowest BCUT2D eigenvalue weighted by Crippen LogP contribution is -2.15. The summed E-state index contributed by atoms with van der Waals surface area (Å²) >= 11 is 0. The van der Waals surface area contributed by atoms with Crippen molar-refractivity contribution in [1.29, 1.82) is 0 Å². The first-order chi connectivity index (χ1) is 14.3. The third-order valence-electron chi connectivity index (χ3n) is 6.38. The first-order valence-corrected chi connectivity index (χ1v) is 11.8. The summed E-state index contributed by atoms with van der Waals surface area (Å²) < 4.78 is 5.65. The monoisotopic (exact) mass is 394 g/mol. The van der Waals surface area contributed by atoms with Crippen LogP contribution in [-0.2, 0) is 6.42 Å². The van der Waals surface area contributed by atoms with Gasteiger partial charge in [-0.05, 0) is 36.7 Å². The van der Waals surface area contributed by atoms with Gasteiger partial charge in [0.2, 0.25) is 0 Å². The Bertz CT molecular complexity index is 688. The Kier molecular flexibility index (Phi) is 8.98. The molecule has 0 unspecified atom stereocenters. The van der Waals surface area contributed by atoms with Crippen LogP contribution in [0, 0.1) is 11.8 Å². The van der Waals surface area contributed by atoms with Crippen LogP contribution in [0.4, 0.5) is 0 Å². The highest BCUT2D eigenvalue weighted by atomic mass is 16.5. The average Bonchev–Trinajstić information content (AvgIpc) is 2.78. The second-order valence-electron chi connectivity index (χ2n) is 8.71. The molecule has 1 aliphatic rings. The van der Waals surface area contributed by atoms with E-state index in [1.807, 2.05) is 0 Å². The zero-order valence-corrected chi connectivity index (χ0v) is 18.4. The summed E-state index contributed by atoms with van der Waals surface area (Å²) in [5, 5.41) is 0. The highest BCUT2D eigenvalue weighted by molar-refractivity contribution is 5.55. The van der Waals surface area contributed by atoms with E-state index < -0.39 is 0 Å². The molecule has 2 aromatic rings. The minimum absolute atomic E-state index is 0.730. The lowest BCUT2D eigenvalue weighted by atomic mass is 9.78. The summed E-state index contributed by atoms with van der Waals surface area (Å²) in [4.78, 5) is 8.94. The molecular formula is C26H38N2O. The maximum atomic E-state index is 5.65. The van der Waals surface area contributed by atoms with E-state index >= 15 is 0 Å². The number of hydrogen-bond acceptors (Lipinski definition) is 3. The van der Waals surface area contributed by atoms with Crippen molar-refractivity contribution in [2.24, 2.45) is 11.8 Å². The van der Waals surface area contributed by atoms with Crippen molar-refractivity contribution in [2.75, 3.05) is 6.61 Å². The molecule has 1 aliphatic carbocycles. The molecule has 1 saturated carbocycles. The standard InChI is InChI=1S/C26H38N2O/c1-3-5-7-21-8-10-22(11-9-21)12-13-23-14-16-24(17-15-23)26-27-19-25(20-28-26)29-18-6-4-2/h14-17,19-22H,3-13,18H2,1-2H3. The van der Waals surface area contributed by atoms with E-state index in [1.165, 1.54) is 63.4 Å². The fourth-order valence-corrected chi connectivity index (χ4v) is 4.37. The zero-order valence-electron chi connectivity index (χ0n) is 18.4. The highest BCUT2D eigenvalue weighted by Gasteiger charge is 2.20. The molecule has 0 atom stereocenters. The lowest BCUT2D eigenvalue weighted by molar-refractivity contribution is 0.250. The zero-order chi connectivity index (χ0) is 20.3. The predicted molar refractivity (Wildman–Crippen MR) is 121 cm³/mol. The summed E-state index contributed by atoms with van der Waals surface area (Å²) in [5.41, 5.74) is 2.51. The highest BCUT2D eigenvalue weighted by Crippen LogP contribution is 2.34. The molecule has 0 amide bonds. The van der Waals surface area contributed by atoms with Crippen molar-refractivity contribution < 1.29 is 4.74 Å².